The lowest BCUT2D eigenvalue weighted by molar-refractivity contribution is 0.0512. The number of ether oxygens (including phenoxy) is 3. The smallest absolute Gasteiger partial charge is 0.374 e. The van der Waals surface area contributed by atoms with Crippen molar-refractivity contribution >= 4 is 28.2 Å². The summed E-state index contributed by atoms with van der Waals surface area (Å²) in [7, 11) is 0. The molecule has 3 aromatic rings. The Morgan fingerprint density at radius 1 is 1.22 bits per heavy atom. The summed E-state index contributed by atoms with van der Waals surface area (Å²) in [5, 5.41) is 0. The number of rotatable bonds is 2. The number of aromatic amines is 1. The van der Waals surface area contributed by atoms with Crippen LogP contribution in [0.1, 0.15) is 17.5 Å². The Labute approximate surface area is 128 Å². The molecule has 1 aromatic carbocycles. The van der Waals surface area contributed by atoms with Crippen molar-refractivity contribution in [1.82, 2.24) is 19.9 Å². The molecule has 9 nitrogen and oxygen atoms in total. The number of fused-ring (bicyclic) bond motifs is 3. The third-order valence-corrected chi connectivity index (χ3v) is 3.27. The zero-order chi connectivity index (χ0) is 16.0. The van der Waals surface area contributed by atoms with Gasteiger partial charge in [0.15, 0.2) is 22.7 Å². The van der Waals surface area contributed by atoms with E-state index >= 15 is 0 Å². The van der Waals surface area contributed by atoms with E-state index in [9.17, 15) is 9.59 Å². The predicted molar refractivity (Wildman–Crippen MR) is 77.5 cm³/mol. The average Bonchev–Trinajstić information content (AvgIpc) is 2.98. The number of nitrogens with zero attached hydrogens (tertiary/aromatic N) is 3. The fraction of sp³-hybridized carbons (Fsp3) is 0.214. The first-order chi connectivity index (χ1) is 11.2. The molecule has 3 heterocycles. The molecule has 4 rings (SSSR count). The molecule has 0 atom stereocenters. The maximum absolute atomic E-state index is 12.1. The SMILES string of the molecule is CCOC(=O)c1nc2nc3cc4c(cc3nc2c(=O)[nH]1)OCO4. The first-order valence-electron chi connectivity index (χ1n) is 6.84. The lowest BCUT2D eigenvalue weighted by atomic mass is 10.2. The summed E-state index contributed by atoms with van der Waals surface area (Å²) < 4.78 is 15.4. The number of H-pyrrole nitrogens is 1. The predicted octanol–water partition coefficient (Wildman–Crippen LogP) is 0.772. The van der Waals surface area contributed by atoms with Crippen molar-refractivity contribution in [2.24, 2.45) is 0 Å². The molecule has 0 bridgehead atoms. The van der Waals surface area contributed by atoms with Crippen LogP contribution in [-0.2, 0) is 4.74 Å². The maximum Gasteiger partial charge on any atom is 0.374 e. The summed E-state index contributed by atoms with van der Waals surface area (Å²) in [6.07, 6.45) is 0. The van der Waals surface area contributed by atoms with E-state index in [1.807, 2.05) is 0 Å². The van der Waals surface area contributed by atoms with E-state index in [2.05, 4.69) is 19.9 Å². The normalized spacial score (nSPS) is 12.7. The number of carbonyl (C=O) groups is 1. The zero-order valence-corrected chi connectivity index (χ0v) is 12.0. The maximum atomic E-state index is 12.1. The highest BCUT2D eigenvalue weighted by Gasteiger charge is 2.18. The molecule has 1 aliphatic heterocycles. The molecular weight excluding hydrogens is 304 g/mol. The molecule has 0 unspecified atom stereocenters. The van der Waals surface area contributed by atoms with Crippen molar-refractivity contribution in [3.63, 3.8) is 0 Å². The minimum atomic E-state index is -0.723. The molecule has 0 fully saturated rings. The summed E-state index contributed by atoms with van der Waals surface area (Å²) in [6.45, 7) is 1.96. The number of esters is 1. The van der Waals surface area contributed by atoms with Crippen LogP contribution in [0.3, 0.4) is 0 Å². The van der Waals surface area contributed by atoms with E-state index in [0.29, 0.717) is 22.5 Å². The molecule has 0 saturated carbocycles. The zero-order valence-electron chi connectivity index (χ0n) is 12.0. The van der Waals surface area contributed by atoms with Gasteiger partial charge in [0.25, 0.3) is 5.56 Å². The van der Waals surface area contributed by atoms with Crippen LogP contribution in [0, 0.1) is 0 Å². The fourth-order valence-electron chi connectivity index (χ4n) is 2.26. The highest BCUT2D eigenvalue weighted by molar-refractivity contribution is 5.90. The van der Waals surface area contributed by atoms with Gasteiger partial charge >= 0.3 is 5.97 Å². The van der Waals surface area contributed by atoms with E-state index in [4.69, 9.17) is 14.2 Å². The van der Waals surface area contributed by atoms with Gasteiger partial charge in [0.05, 0.1) is 17.6 Å². The minimum absolute atomic E-state index is 0.0319. The lowest BCUT2D eigenvalue weighted by Crippen LogP contribution is -2.19. The Bertz CT molecular complexity index is 1010. The molecule has 1 N–H and O–H groups in total. The van der Waals surface area contributed by atoms with Crippen LogP contribution >= 0.6 is 0 Å². The molecule has 2 aromatic heterocycles. The molecule has 0 saturated heterocycles. The largest absolute Gasteiger partial charge is 0.460 e. The van der Waals surface area contributed by atoms with Gasteiger partial charge in [-0.15, -0.1) is 0 Å². The molecular formula is C14H10N4O5. The van der Waals surface area contributed by atoms with Gasteiger partial charge in [-0.25, -0.2) is 19.7 Å². The second-order valence-corrected chi connectivity index (χ2v) is 4.73. The molecule has 0 spiro atoms. The molecule has 9 heteroatoms. The number of aromatic nitrogens is 4. The van der Waals surface area contributed by atoms with Crippen LogP contribution in [0.2, 0.25) is 0 Å². The van der Waals surface area contributed by atoms with Crippen LogP contribution in [0.5, 0.6) is 11.5 Å². The Morgan fingerprint density at radius 3 is 2.61 bits per heavy atom. The van der Waals surface area contributed by atoms with Gasteiger partial charge in [-0.1, -0.05) is 0 Å². The Kier molecular flexibility index (Phi) is 2.86. The second-order valence-electron chi connectivity index (χ2n) is 4.73. The van der Waals surface area contributed by atoms with Crippen molar-refractivity contribution < 1.29 is 19.0 Å². The van der Waals surface area contributed by atoms with Crippen molar-refractivity contribution in [3.8, 4) is 11.5 Å². The number of nitrogens with one attached hydrogen (secondary N) is 1. The van der Waals surface area contributed by atoms with Crippen LogP contribution in [0.4, 0.5) is 0 Å². The van der Waals surface area contributed by atoms with Crippen molar-refractivity contribution in [3.05, 3.63) is 28.3 Å². The quantitative estimate of drug-likeness (QED) is 0.544. The van der Waals surface area contributed by atoms with Crippen LogP contribution in [0.15, 0.2) is 16.9 Å². The van der Waals surface area contributed by atoms with Crippen LogP contribution < -0.4 is 15.0 Å². The van der Waals surface area contributed by atoms with Gasteiger partial charge in [0, 0.05) is 12.1 Å². The highest BCUT2D eigenvalue weighted by Crippen LogP contribution is 2.34. The first-order valence-corrected chi connectivity index (χ1v) is 6.84. The second kappa shape index (κ2) is 4.90. The monoisotopic (exact) mass is 314 g/mol. The lowest BCUT2D eigenvalue weighted by Gasteiger charge is -2.04. The van der Waals surface area contributed by atoms with Crippen molar-refractivity contribution in [2.45, 2.75) is 6.92 Å². The van der Waals surface area contributed by atoms with Gasteiger partial charge in [-0.3, -0.25) is 9.78 Å². The standard InChI is InChI=1S/C14H10N4O5/c1-2-21-14(20)12-17-11-10(13(19)18-12)15-6-3-8-9(23-5-22-8)4-7(6)16-11/h3-4H,2,5H2,1H3,(H,16,17,18,19). The number of benzene rings is 1. The van der Waals surface area contributed by atoms with Crippen LogP contribution in [-0.4, -0.2) is 39.3 Å². The Hall–Kier alpha value is -3.23. The molecule has 1 aliphatic rings. The van der Waals surface area contributed by atoms with E-state index in [1.165, 1.54) is 0 Å². The third-order valence-electron chi connectivity index (χ3n) is 3.27. The van der Waals surface area contributed by atoms with Gasteiger partial charge < -0.3 is 14.2 Å². The van der Waals surface area contributed by atoms with Gasteiger partial charge in [-0.2, -0.15) is 0 Å². The fourth-order valence-corrected chi connectivity index (χ4v) is 2.26. The van der Waals surface area contributed by atoms with Crippen molar-refractivity contribution in [2.75, 3.05) is 13.4 Å². The molecule has 0 amide bonds. The Morgan fingerprint density at radius 2 is 1.91 bits per heavy atom. The van der Waals surface area contributed by atoms with E-state index < -0.39 is 11.5 Å². The first kappa shape index (κ1) is 13.4. The van der Waals surface area contributed by atoms with Gasteiger partial charge in [0.2, 0.25) is 12.6 Å². The summed E-state index contributed by atoms with van der Waals surface area (Å²) in [4.78, 5) is 38.7. The summed E-state index contributed by atoms with van der Waals surface area (Å²) in [6, 6.07) is 3.29. The minimum Gasteiger partial charge on any atom is -0.460 e. The molecule has 0 radical (unpaired) electrons. The van der Waals surface area contributed by atoms with E-state index in [0.717, 1.165) is 0 Å². The van der Waals surface area contributed by atoms with Crippen molar-refractivity contribution in [1.29, 1.82) is 0 Å². The van der Waals surface area contributed by atoms with Gasteiger partial charge in [0.1, 0.15) is 0 Å². The van der Waals surface area contributed by atoms with Crippen LogP contribution in [0.25, 0.3) is 22.2 Å². The number of hydrogen-bond donors (Lipinski definition) is 1. The Balaban J connectivity index is 1.95. The number of hydrogen-bond acceptors (Lipinski definition) is 8. The highest BCUT2D eigenvalue weighted by atomic mass is 16.7. The average molecular weight is 314 g/mol. The molecule has 0 aliphatic carbocycles. The summed E-state index contributed by atoms with van der Waals surface area (Å²) >= 11 is 0. The van der Waals surface area contributed by atoms with Gasteiger partial charge in [-0.05, 0) is 6.92 Å². The summed E-state index contributed by atoms with van der Waals surface area (Å²) in [5.41, 5.74) is 0.477. The van der Waals surface area contributed by atoms with E-state index in [-0.39, 0.29) is 30.4 Å². The van der Waals surface area contributed by atoms with E-state index in [1.54, 1.807) is 19.1 Å². The number of carbonyl (C=O) groups excluding carboxylic acids is 1. The summed E-state index contributed by atoms with van der Waals surface area (Å²) in [5.74, 6) is 0.151. The molecule has 116 valence electrons. The topological polar surface area (TPSA) is 116 Å². The molecule has 23 heavy (non-hydrogen) atoms. The third kappa shape index (κ3) is 2.13.